The minimum absolute atomic E-state index is 0.240. The predicted octanol–water partition coefficient (Wildman–Crippen LogP) is 3.55. The number of hydrogen-bond acceptors (Lipinski definition) is 5. The van der Waals surface area contributed by atoms with Crippen LogP contribution in [0.4, 0.5) is 0 Å². The van der Waals surface area contributed by atoms with Crippen molar-refractivity contribution >= 4 is 0 Å². The number of benzene rings is 2. The van der Waals surface area contributed by atoms with E-state index < -0.39 is 0 Å². The lowest BCUT2D eigenvalue weighted by molar-refractivity contribution is -0.248. The van der Waals surface area contributed by atoms with Crippen molar-refractivity contribution in [2.24, 2.45) is 0 Å². The summed E-state index contributed by atoms with van der Waals surface area (Å²) in [5.41, 5.74) is 2.27. The van der Waals surface area contributed by atoms with E-state index >= 15 is 0 Å². The van der Waals surface area contributed by atoms with Gasteiger partial charge in [0.25, 0.3) is 0 Å². The minimum atomic E-state index is 0.240. The Morgan fingerprint density at radius 2 is 0.957 bits per heavy atom. The molecular formula is C18H24O5. The van der Waals surface area contributed by atoms with Crippen LogP contribution in [-0.2, 0) is 37.2 Å². The van der Waals surface area contributed by atoms with Crippen LogP contribution >= 0.6 is 0 Å². The molecule has 23 heavy (non-hydrogen) atoms. The van der Waals surface area contributed by atoms with E-state index in [9.17, 15) is 0 Å². The molecule has 0 aliphatic heterocycles. The van der Waals surface area contributed by atoms with Crippen LogP contribution in [0, 0.1) is 0 Å². The van der Waals surface area contributed by atoms with Gasteiger partial charge in [0, 0.05) is 0 Å². The van der Waals surface area contributed by atoms with Crippen LogP contribution in [0.25, 0.3) is 0 Å². The van der Waals surface area contributed by atoms with Gasteiger partial charge in [-0.3, -0.25) is 0 Å². The monoisotopic (exact) mass is 320 g/mol. The van der Waals surface area contributed by atoms with Crippen LogP contribution in [0.1, 0.15) is 11.1 Å². The summed E-state index contributed by atoms with van der Waals surface area (Å²) < 4.78 is 16.0. The van der Waals surface area contributed by atoms with Gasteiger partial charge in [-0.2, -0.15) is 0 Å². The van der Waals surface area contributed by atoms with E-state index in [4.69, 9.17) is 14.2 Å². The van der Waals surface area contributed by atoms with E-state index in [0.29, 0.717) is 13.2 Å². The molecule has 0 spiro atoms. The van der Waals surface area contributed by atoms with E-state index in [1.807, 2.05) is 60.7 Å². The molecule has 126 valence electrons. The Bertz CT molecular complexity index is 430. The Kier molecular flexibility index (Phi) is 11.6. The Hall–Kier alpha value is -1.76. The Morgan fingerprint density at radius 3 is 1.30 bits per heavy atom. The van der Waals surface area contributed by atoms with E-state index in [1.54, 1.807) is 0 Å². The molecule has 0 saturated heterocycles. The van der Waals surface area contributed by atoms with Crippen molar-refractivity contribution in [3.63, 3.8) is 0 Å². The average molecular weight is 320 g/mol. The van der Waals surface area contributed by atoms with E-state index in [0.717, 1.165) is 11.1 Å². The molecule has 0 N–H and O–H groups in total. The van der Waals surface area contributed by atoms with Crippen molar-refractivity contribution in [2.75, 3.05) is 27.8 Å². The smallest absolute Gasteiger partial charge is 0.150 e. The molecule has 0 saturated carbocycles. The van der Waals surface area contributed by atoms with Crippen LogP contribution in [-0.4, -0.2) is 27.8 Å². The molecule has 0 atom stereocenters. The number of ether oxygens (including phenoxy) is 3. The number of hydrogen-bond donors (Lipinski definition) is 0. The molecule has 2 rings (SSSR count). The molecule has 5 nitrogen and oxygen atoms in total. The lowest BCUT2D eigenvalue weighted by atomic mass is 10.2. The van der Waals surface area contributed by atoms with Crippen molar-refractivity contribution in [2.45, 2.75) is 13.2 Å². The quantitative estimate of drug-likeness (QED) is 0.306. The summed E-state index contributed by atoms with van der Waals surface area (Å²) >= 11 is 0. The maximum absolute atomic E-state index is 5.37. The Morgan fingerprint density at radius 1 is 0.565 bits per heavy atom. The van der Waals surface area contributed by atoms with Crippen LogP contribution < -0.4 is 0 Å². The highest BCUT2D eigenvalue weighted by Crippen LogP contribution is 2.02. The van der Waals surface area contributed by atoms with Crippen LogP contribution in [0.2, 0.25) is 0 Å². The zero-order valence-corrected chi connectivity index (χ0v) is 13.6. The van der Waals surface area contributed by atoms with Gasteiger partial charge < -0.3 is 14.2 Å². The zero-order chi connectivity index (χ0) is 16.6. The van der Waals surface area contributed by atoms with Gasteiger partial charge in [0.1, 0.15) is 13.6 Å². The first-order valence-corrected chi connectivity index (χ1v) is 7.24. The van der Waals surface area contributed by atoms with E-state index in [1.165, 1.54) is 14.2 Å². The molecular weight excluding hydrogens is 296 g/mol. The molecule has 0 radical (unpaired) electrons. The number of rotatable bonds is 9. The molecule has 2 aromatic carbocycles. The molecule has 5 heteroatoms. The summed E-state index contributed by atoms with van der Waals surface area (Å²) in [5.74, 6) is 0. The normalized spacial score (nSPS) is 10.0. The van der Waals surface area contributed by atoms with Crippen molar-refractivity contribution < 1.29 is 24.0 Å². The van der Waals surface area contributed by atoms with Crippen molar-refractivity contribution in [3.8, 4) is 0 Å². The van der Waals surface area contributed by atoms with Gasteiger partial charge in [-0.05, 0) is 11.1 Å². The first kappa shape index (κ1) is 19.3. The predicted molar refractivity (Wildman–Crippen MR) is 87.3 cm³/mol. The van der Waals surface area contributed by atoms with Crippen molar-refractivity contribution in [3.05, 3.63) is 71.8 Å². The molecule has 0 aliphatic carbocycles. The van der Waals surface area contributed by atoms with Gasteiger partial charge in [-0.25, -0.2) is 9.78 Å². The minimum Gasteiger partial charge on any atom is -0.351 e. The topological polar surface area (TPSA) is 46.2 Å². The summed E-state index contributed by atoms with van der Waals surface area (Å²) in [6.45, 7) is 1.59. The maximum atomic E-state index is 5.37. The first-order valence-electron chi connectivity index (χ1n) is 7.24. The zero-order valence-electron chi connectivity index (χ0n) is 13.6. The molecule has 0 amide bonds. The lowest BCUT2D eigenvalue weighted by Gasteiger charge is -2.07. The second-order valence-corrected chi connectivity index (χ2v) is 4.44. The summed E-state index contributed by atoms with van der Waals surface area (Å²) in [5, 5.41) is 0. The Balaban J connectivity index is 0.000000593. The maximum Gasteiger partial charge on any atom is 0.150 e. The highest BCUT2D eigenvalue weighted by Gasteiger charge is 1.93. The molecule has 0 aliphatic rings. The average Bonchev–Trinajstić information content (AvgIpc) is 2.63. The molecule has 0 heterocycles. The van der Waals surface area contributed by atoms with E-state index in [-0.39, 0.29) is 13.6 Å². The second kappa shape index (κ2) is 13.9. The first-order chi connectivity index (χ1) is 11.4. The fourth-order valence-corrected chi connectivity index (χ4v) is 1.62. The van der Waals surface area contributed by atoms with Crippen LogP contribution in [0.15, 0.2) is 60.7 Å². The summed E-state index contributed by atoms with van der Waals surface area (Å²) in [7, 11) is 2.92. The van der Waals surface area contributed by atoms with Crippen LogP contribution in [0.3, 0.4) is 0 Å². The van der Waals surface area contributed by atoms with Gasteiger partial charge in [0.05, 0.1) is 27.4 Å². The fourth-order valence-electron chi connectivity index (χ4n) is 1.62. The van der Waals surface area contributed by atoms with Gasteiger partial charge in [0.2, 0.25) is 0 Å². The van der Waals surface area contributed by atoms with Crippen LogP contribution in [0.5, 0.6) is 0 Å². The molecule has 2 aromatic rings. The van der Waals surface area contributed by atoms with E-state index in [2.05, 4.69) is 9.78 Å². The summed E-state index contributed by atoms with van der Waals surface area (Å²) in [4.78, 5) is 8.08. The standard InChI is InChI=1S/C16H18O3.C2H6O2/c1-3-7-15(8-4-1)11-17-13-19-14-18-12-16-9-5-2-6-10-16;1-3-4-2/h1-10H,11-14H2;1-2H3. The van der Waals surface area contributed by atoms with Crippen molar-refractivity contribution in [1.29, 1.82) is 0 Å². The molecule has 0 fully saturated rings. The fraction of sp³-hybridized carbons (Fsp3) is 0.333. The third kappa shape index (κ3) is 10.6. The Labute approximate surface area is 137 Å². The highest BCUT2D eigenvalue weighted by atomic mass is 17.2. The third-order valence-corrected chi connectivity index (χ3v) is 2.72. The molecule has 0 aromatic heterocycles. The van der Waals surface area contributed by atoms with Gasteiger partial charge in [-0.1, -0.05) is 60.7 Å². The van der Waals surface area contributed by atoms with Gasteiger partial charge >= 0.3 is 0 Å². The summed E-state index contributed by atoms with van der Waals surface area (Å²) in [6, 6.07) is 20.0. The summed E-state index contributed by atoms with van der Waals surface area (Å²) in [6.07, 6.45) is 0. The van der Waals surface area contributed by atoms with Gasteiger partial charge in [-0.15, -0.1) is 0 Å². The second-order valence-electron chi connectivity index (χ2n) is 4.44. The lowest BCUT2D eigenvalue weighted by Crippen LogP contribution is -2.04. The SMILES string of the molecule is COOC.c1ccc(COCOCOCc2ccccc2)cc1. The molecule has 0 bridgehead atoms. The third-order valence-electron chi connectivity index (χ3n) is 2.72. The highest BCUT2D eigenvalue weighted by molar-refractivity contribution is 5.13. The van der Waals surface area contributed by atoms with Crippen molar-refractivity contribution in [1.82, 2.24) is 0 Å². The largest absolute Gasteiger partial charge is 0.351 e. The molecule has 0 unspecified atom stereocenters. The van der Waals surface area contributed by atoms with Gasteiger partial charge in [0.15, 0.2) is 0 Å².